The molecule has 0 radical (unpaired) electrons. The Morgan fingerprint density at radius 1 is 1.41 bits per heavy atom. The van der Waals surface area contributed by atoms with Crippen LogP contribution < -0.4 is 5.32 Å². The number of hydrogen-bond acceptors (Lipinski definition) is 3. The third-order valence-corrected chi connectivity index (χ3v) is 4.32. The predicted octanol–water partition coefficient (Wildman–Crippen LogP) is 4.25. The van der Waals surface area contributed by atoms with E-state index in [0.29, 0.717) is 6.04 Å². The van der Waals surface area contributed by atoms with Crippen molar-refractivity contribution >= 4 is 11.3 Å². The highest BCUT2D eigenvalue weighted by Gasteiger charge is 2.32. The highest BCUT2D eigenvalue weighted by Crippen LogP contribution is 2.33. The van der Waals surface area contributed by atoms with E-state index in [4.69, 9.17) is 4.98 Å². The van der Waals surface area contributed by atoms with Gasteiger partial charge < -0.3 is 5.32 Å². The van der Waals surface area contributed by atoms with Gasteiger partial charge in [-0.05, 0) is 33.6 Å². The molecule has 0 aliphatic heterocycles. The molecule has 1 atom stereocenters. The fourth-order valence-electron chi connectivity index (χ4n) is 2.28. The number of nitrogens with one attached hydrogen (secondary N) is 1. The minimum atomic E-state index is 0.0864. The summed E-state index contributed by atoms with van der Waals surface area (Å²) >= 11 is 1.80. The second-order valence-electron chi connectivity index (χ2n) is 5.13. The van der Waals surface area contributed by atoms with Gasteiger partial charge in [-0.3, -0.25) is 0 Å². The van der Waals surface area contributed by atoms with Gasteiger partial charge in [-0.25, -0.2) is 4.98 Å². The first kappa shape index (κ1) is 14.7. The van der Waals surface area contributed by atoms with E-state index in [-0.39, 0.29) is 5.54 Å². The molecule has 0 aliphatic rings. The quantitative estimate of drug-likeness (QED) is 0.787. The van der Waals surface area contributed by atoms with Crippen molar-refractivity contribution < 1.29 is 0 Å². The van der Waals surface area contributed by atoms with Crippen molar-refractivity contribution in [2.45, 2.75) is 71.9 Å². The van der Waals surface area contributed by atoms with Gasteiger partial charge in [0.15, 0.2) is 0 Å². The number of rotatable bonds is 7. The zero-order valence-electron chi connectivity index (χ0n) is 11.8. The molecule has 0 aliphatic carbocycles. The number of unbranched alkanes of at least 4 members (excludes halogenated alkanes) is 1. The molecule has 1 N–H and O–H groups in total. The van der Waals surface area contributed by atoms with Crippen LogP contribution in [0.3, 0.4) is 0 Å². The Morgan fingerprint density at radius 3 is 2.53 bits per heavy atom. The van der Waals surface area contributed by atoms with Crippen molar-refractivity contribution in [3.63, 3.8) is 0 Å². The molecule has 0 saturated carbocycles. The highest BCUT2D eigenvalue weighted by atomic mass is 32.1. The third-order valence-electron chi connectivity index (χ3n) is 3.15. The SMILES string of the molecule is CCCCC(CC)(NC(C)C)c1nc(C)cs1. The molecule has 1 heterocycles. The Hall–Kier alpha value is -0.410. The number of aromatic nitrogens is 1. The maximum absolute atomic E-state index is 4.72. The zero-order valence-corrected chi connectivity index (χ0v) is 12.7. The van der Waals surface area contributed by atoms with Crippen LogP contribution in [0.15, 0.2) is 5.38 Å². The molecule has 0 aromatic carbocycles. The first-order chi connectivity index (χ1) is 8.04. The van der Waals surface area contributed by atoms with E-state index in [1.165, 1.54) is 24.3 Å². The molecule has 17 heavy (non-hydrogen) atoms. The van der Waals surface area contributed by atoms with Crippen LogP contribution in [0.5, 0.6) is 0 Å². The Labute approximate surface area is 110 Å². The number of thiazole rings is 1. The molecule has 98 valence electrons. The average Bonchev–Trinajstić information content (AvgIpc) is 2.71. The van der Waals surface area contributed by atoms with Crippen molar-refractivity contribution in [1.29, 1.82) is 0 Å². The molecule has 1 aromatic rings. The maximum Gasteiger partial charge on any atom is 0.113 e. The van der Waals surface area contributed by atoms with Gasteiger partial charge in [0.2, 0.25) is 0 Å². The van der Waals surface area contributed by atoms with Gasteiger partial charge in [0.25, 0.3) is 0 Å². The molecule has 0 spiro atoms. The number of nitrogens with zero attached hydrogens (tertiary/aromatic N) is 1. The van der Waals surface area contributed by atoms with Crippen molar-refractivity contribution in [2.75, 3.05) is 0 Å². The summed E-state index contributed by atoms with van der Waals surface area (Å²) in [6, 6.07) is 0.496. The molecule has 1 aromatic heterocycles. The van der Waals surface area contributed by atoms with Gasteiger partial charge in [-0.15, -0.1) is 11.3 Å². The number of aryl methyl sites for hydroxylation is 1. The molecule has 1 unspecified atom stereocenters. The van der Waals surface area contributed by atoms with Crippen molar-refractivity contribution in [3.8, 4) is 0 Å². The highest BCUT2D eigenvalue weighted by molar-refractivity contribution is 7.09. The van der Waals surface area contributed by atoms with Crippen LogP contribution in [0.2, 0.25) is 0 Å². The molecule has 0 saturated heterocycles. The summed E-state index contributed by atoms with van der Waals surface area (Å²) in [5.74, 6) is 0. The van der Waals surface area contributed by atoms with E-state index < -0.39 is 0 Å². The summed E-state index contributed by atoms with van der Waals surface area (Å²) in [4.78, 5) is 4.72. The summed E-state index contributed by atoms with van der Waals surface area (Å²) in [6.45, 7) is 11.0. The molecule has 0 fully saturated rings. The average molecular weight is 254 g/mol. The summed E-state index contributed by atoms with van der Waals surface area (Å²) in [7, 11) is 0. The van der Waals surface area contributed by atoms with Crippen molar-refractivity contribution in [2.24, 2.45) is 0 Å². The monoisotopic (exact) mass is 254 g/mol. The topological polar surface area (TPSA) is 24.9 Å². The van der Waals surface area contributed by atoms with Gasteiger partial charge in [-0.2, -0.15) is 0 Å². The third kappa shape index (κ3) is 3.78. The smallest absolute Gasteiger partial charge is 0.113 e. The Balaban J connectivity index is 2.97. The lowest BCUT2D eigenvalue weighted by molar-refractivity contribution is 0.264. The van der Waals surface area contributed by atoms with Crippen LogP contribution in [0, 0.1) is 6.92 Å². The Morgan fingerprint density at radius 2 is 2.12 bits per heavy atom. The van der Waals surface area contributed by atoms with Crippen LogP contribution in [0.4, 0.5) is 0 Å². The van der Waals surface area contributed by atoms with E-state index in [0.717, 1.165) is 12.1 Å². The van der Waals surface area contributed by atoms with E-state index in [2.05, 4.69) is 45.3 Å². The van der Waals surface area contributed by atoms with Gasteiger partial charge >= 0.3 is 0 Å². The van der Waals surface area contributed by atoms with Gasteiger partial charge in [0.05, 0.1) is 5.54 Å². The normalized spacial score (nSPS) is 15.2. The zero-order chi connectivity index (χ0) is 12.9. The van der Waals surface area contributed by atoms with Gasteiger partial charge in [0.1, 0.15) is 5.01 Å². The Bertz CT molecular complexity index is 333. The summed E-state index contributed by atoms with van der Waals surface area (Å²) < 4.78 is 0. The van der Waals surface area contributed by atoms with Crippen molar-refractivity contribution in [1.82, 2.24) is 10.3 Å². The van der Waals surface area contributed by atoms with Gasteiger partial charge in [0, 0.05) is 17.1 Å². The van der Waals surface area contributed by atoms with E-state index >= 15 is 0 Å². The maximum atomic E-state index is 4.72. The van der Waals surface area contributed by atoms with E-state index in [9.17, 15) is 0 Å². The second-order valence-corrected chi connectivity index (χ2v) is 5.99. The molecule has 1 rings (SSSR count). The summed E-state index contributed by atoms with van der Waals surface area (Å²) in [5, 5.41) is 7.18. The largest absolute Gasteiger partial charge is 0.303 e. The van der Waals surface area contributed by atoms with Crippen molar-refractivity contribution in [3.05, 3.63) is 16.1 Å². The standard InChI is InChI=1S/C14H26N2S/c1-6-8-9-14(7-2,16-11(3)4)13-15-12(5)10-17-13/h10-11,16H,6-9H2,1-5H3. The van der Waals surface area contributed by atoms with Crippen LogP contribution in [-0.4, -0.2) is 11.0 Å². The molecule has 0 amide bonds. The summed E-state index contributed by atoms with van der Waals surface area (Å²) in [5.41, 5.74) is 1.23. The molecule has 2 nitrogen and oxygen atoms in total. The minimum Gasteiger partial charge on any atom is -0.303 e. The first-order valence-electron chi connectivity index (χ1n) is 6.74. The fraction of sp³-hybridized carbons (Fsp3) is 0.786. The molecule has 0 bridgehead atoms. The lowest BCUT2D eigenvalue weighted by atomic mass is 9.89. The predicted molar refractivity (Wildman–Crippen MR) is 76.6 cm³/mol. The second kappa shape index (κ2) is 6.50. The lowest BCUT2D eigenvalue weighted by Crippen LogP contribution is -2.45. The summed E-state index contributed by atoms with van der Waals surface area (Å²) in [6.07, 6.45) is 4.79. The van der Waals surface area contributed by atoms with E-state index in [1.54, 1.807) is 11.3 Å². The van der Waals surface area contributed by atoms with Gasteiger partial charge in [-0.1, -0.05) is 26.7 Å². The van der Waals surface area contributed by atoms with Crippen LogP contribution in [0.1, 0.15) is 64.1 Å². The molecular formula is C14H26N2S. The fourth-order valence-corrected chi connectivity index (χ4v) is 3.34. The molecular weight excluding hydrogens is 228 g/mol. The first-order valence-corrected chi connectivity index (χ1v) is 7.62. The van der Waals surface area contributed by atoms with Crippen LogP contribution in [0.25, 0.3) is 0 Å². The Kier molecular flexibility index (Phi) is 5.60. The number of hydrogen-bond donors (Lipinski definition) is 1. The minimum absolute atomic E-state index is 0.0864. The van der Waals surface area contributed by atoms with E-state index in [1.807, 2.05) is 0 Å². The van der Waals surface area contributed by atoms with Crippen LogP contribution >= 0.6 is 11.3 Å². The molecule has 3 heteroatoms. The van der Waals surface area contributed by atoms with Crippen LogP contribution in [-0.2, 0) is 5.54 Å². The lowest BCUT2D eigenvalue weighted by Gasteiger charge is -2.34.